The number of hydrogen-bond donors (Lipinski definition) is 1. The van der Waals surface area contributed by atoms with Gasteiger partial charge < -0.3 is 0 Å². The number of rotatable bonds is 2. The SMILES string of the molecule is CSc1n[nH]c(-c2ccccc2F)n1. The molecule has 0 aliphatic rings. The fourth-order valence-corrected chi connectivity index (χ4v) is 1.43. The third-order valence-electron chi connectivity index (χ3n) is 1.78. The molecule has 0 atom stereocenters. The summed E-state index contributed by atoms with van der Waals surface area (Å²) in [5.74, 6) is 0.170. The first-order valence-corrected chi connectivity index (χ1v) is 5.25. The molecular formula is C9H8FN3S. The van der Waals surface area contributed by atoms with Crippen molar-refractivity contribution in [1.82, 2.24) is 15.2 Å². The van der Waals surface area contributed by atoms with Gasteiger partial charge in [-0.2, -0.15) is 0 Å². The van der Waals surface area contributed by atoms with Gasteiger partial charge in [-0.15, -0.1) is 5.10 Å². The van der Waals surface area contributed by atoms with Crippen molar-refractivity contribution in [2.75, 3.05) is 6.26 Å². The zero-order valence-electron chi connectivity index (χ0n) is 7.49. The van der Waals surface area contributed by atoms with E-state index < -0.39 is 0 Å². The quantitative estimate of drug-likeness (QED) is 0.772. The van der Waals surface area contributed by atoms with Gasteiger partial charge in [-0.3, -0.25) is 5.10 Å². The highest BCUT2D eigenvalue weighted by Gasteiger charge is 2.08. The van der Waals surface area contributed by atoms with Gasteiger partial charge in [0.25, 0.3) is 0 Å². The van der Waals surface area contributed by atoms with Gasteiger partial charge in [-0.05, 0) is 18.4 Å². The molecule has 14 heavy (non-hydrogen) atoms. The number of aromatic amines is 1. The molecule has 0 radical (unpaired) electrons. The Morgan fingerprint density at radius 2 is 2.14 bits per heavy atom. The average molecular weight is 209 g/mol. The second-order valence-electron chi connectivity index (χ2n) is 2.65. The summed E-state index contributed by atoms with van der Waals surface area (Å²) >= 11 is 1.41. The van der Waals surface area contributed by atoms with Crippen LogP contribution < -0.4 is 0 Å². The van der Waals surface area contributed by atoms with E-state index >= 15 is 0 Å². The minimum Gasteiger partial charge on any atom is -0.258 e. The average Bonchev–Trinajstić information content (AvgIpc) is 2.67. The highest BCUT2D eigenvalue weighted by molar-refractivity contribution is 7.98. The van der Waals surface area contributed by atoms with Crippen LogP contribution in [0.25, 0.3) is 11.4 Å². The largest absolute Gasteiger partial charge is 0.258 e. The van der Waals surface area contributed by atoms with Crippen molar-refractivity contribution >= 4 is 11.8 Å². The Balaban J connectivity index is 2.44. The second kappa shape index (κ2) is 3.79. The minimum absolute atomic E-state index is 0.295. The lowest BCUT2D eigenvalue weighted by Crippen LogP contribution is -1.85. The lowest BCUT2D eigenvalue weighted by molar-refractivity contribution is 0.630. The minimum atomic E-state index is -0.295. The van der Waals surface area contributed by atoms with Crippen LogP contribution in [0, 0.1) is 5.82 Å². The monoisotopic (exact) mass is 209 g/mol. The Morgan fingerprint density at radius 3 is 2.79 bits per heavy atom. The van der Waals surface area contributed by atoms with E-state index in [4.69, 9.17) is 0 Å². The molecule has 1 N–H and O–H groups in total. The molecule has 1 aromatic heterocycles. The van der Waals surface area contributed by atoms with Crippen molar-refractivity contribution in [2.45, 2.75) is 5.16 Å². The summed E-state index contributed by atoms with van der Waals surface area (Å²) in [7, 11) is 0. The molecule has 2 aromatic rings. The lowest BCUT2D eigenvalue weighted by Gasteiger charge is -1.96. The van der Waals surface area contributed by atoms with Crippen LogP contribution in [0.3, 0.4) is 0 Å². The number of halogens is 1. The van der Waals surface area contributed by atoms with Gasteiger partial charge >= 0.3 is 0 Å². The van der Waals surface area contributed by atoms with Crippen molar-refractivity contribution in [3.63, 3.8) is 0 Å². The maximum Gasteiger partial charge on any atom is 0.208 e. The van der Waals surface area contributed by atoms with Gasteiger partial charge in [0.2, 0.25) is 5.16 Å². The Kier molecular flexibility index (Phi) is 2.49. The van der Waals surface area contributed by atoms with E-state index in [0.29, 0.717) is 16.5 Å². The number of thioether (sulfide) groups is 1. The summed E-state index contributed by atoms with van der Waals surface area (Å²) in [5, 5.41) is 7.22. The third-order valence-corrected chi connectivity index (χ3v) is 2.32. The van der Waals surface area contributed by atoms with Crippen LogP contribution in [-0.4, -0.2) is 21.4 Å². The van der Waals surface area contributed by atoms with E-state index in [2.05, 4.69) is 15.2 Å². The molecule has 0 fully saturated rings. The zero-order valence-corrected chi connectivity index (χ0v) is 8.31. The molecule has 3 nitrogen and oxygen atoms in total. The molecule has 0 amide bonds. The number of nitrogens with zero attached hydrogens (tertiary/aromatic N) is 2. The predicted octanol–water partition coefficient (Wildman–Crippen LogP) is 2.33. The first-order valence-electron chi connectivity index (χ1n) is 4.02. The highest BCUT2D eigenvalue weighted by atomic mass is 32.2. The van der Waals surface area contributed by atoms with Gasteiger partial charge in [0.15, 0.2) is 5.82 Å². The summed E-state index contributed by atoms with van der Waals surface area (Å²) in [6, 6.07) is 6.47. The summed E-state index contributed by atoms with van der Waals surface area (Å²) in [6.45, 7) is 0. The second-order valence-corrected chi connectivity index (χ2v) is 3.42. The maximum atomic E-state index is 13.3. The van der Waals surface area contributed by atoms with Crippen LogP contribution in [0.2, 0.25) is 0 Å². The summed E-state index contributed by atoms with van der Waals surface area (Å²) in [5.41, 5.74) is 0.445. The standard InChI is InChI=1S/C9H8FN3S/c1-14-9-11-8(12-13-9)6-4-2-3-5-7(6)10/h2-5H,1H3,(H,11,12,13). The van der Waals surface area contributed by atoms with Gasteiger partial charge in [0, 0.05) is 0 Å². The molecule has 0 aliphatic heterocycles. The van der Waals surface area contributed by atoms with Gasteiger partial charge in [0.05, 0.1) is 5.56 Å². The van der Waals surface area contributed by atoms with E-state index in [-0.39, 0.29) is 5.82 Å². The molecule has 1 aromatic carbocycles. The number of aromatic nitrogens is 3. The Bertz CT molecular complexity index is 441. The predicted molar refractivity (Wildman–Crippen MR) is 53.6 cm³/mol. The summed E-state index contributed by atoms with van der Waals surface area (Å²) in [4.78, 5) is 4.12. The van der Waals surface area contributed by atoms with Crippen molar-refractivity contribution < 1.29 is 4.39 Å². The van der Waals surface area contributed by atoms with Crippen LogP contribution in [0.4, 0.5) is 4.39 Å². The zero-order chi connectivity index (χ0) is 9.97. The van der Waals surface area contributed by atoms with Crippen molar-refractivity contribution in [2.24, 2.45) is 0 Å². The summed E-state index contributed by atoms with van der Waals surface area (Å²) in [6.07, 6.45) is 1.87. The molecule has 5 heteroatoms. The Morgan fingerprint density at radius 1 is 1.36 bits per heavy atom. The molecule has 0 unspecified atom stereocenters. The molecule has 0 bridgehead atoms. The number of benzene rings is 1. The third kappa shape index (κ3) is 1.63. The first kappa shape index (κ1) is 9.21. The number of hydrogen-bond acceptors (Lipinski definition) is 3. The summed E-state index contributed by atoms with van der Waals surface area (Å²) < 4.78 is 13.3. The molecular weight excluding hydrogens is 201 g/mol. The van der Waals surface area contributed by atoms with Crippen molar-refractivity contribution in [3.05, 3.63) is 30.1 Å². The Labute approximate surface area is 84.8 Å². The maximum absolute atomic E-state index is 13.3. The van der Waals surface area contributed by atoms with E-state index in [9.17, 15) is 4.39 Å². The van der Waals surface area contributed by atoms with Crippen LogP contribution in [-0.2, 0) is 0 Å². The first-order chi connectivity index (χ1) is 6.81. The fourth-order valence-electron chi connectivity index (χ4n) is 1.11. The van der Waals surface area contributed by atoms with Crippen LogP contribution >= 0.6 is 11.8 Å². The number of H-pyrrole nitrogens is 1. The van der Waals surface area contributed by atoms with E-state index in [1.54, 1.807) is 18.2 Å². The normalized spacial score (nSPS) is 10.4. The fraction of sp³-hybridized carbons (Fsp3) is 0.111. The van der Waals surface area contributed by atoms with Crippen molar-refractivity contribution in [3.8, 4) is 11.4 Å². The van der Waals surface area contributed by atoms with E-state index in [1.165, 1.54) is 17.8 Å². The molecule has 2 rings (SSSR count). The van der Waals surface area contributed by atoms with Crippen LogP contribution in [0.1, 0.15) is 0 Å². The smallest absolute Gasteiger partial charge is 0.208 e. The molecule has 0 saturated heterocycles. The topological polar surface area (TPSA) is 41.6 Å². The molecule has 0 saturated carbocycles. The molecule has 0 spiro atoms. The van der Waals surface area contributed by atoms with Gasteiger partial charge in [0.1, 0.15) is 5.82 Å². The molecule has 72 valence electrons. The van der Waals surface area contributed by atoms with Gasteiger partial charge in [-0.1, -0.05) is 23.9 Å². The number of nitrogens with one attached hydrogen (secondary N) is 1. The van der Waals surface area contributed by atoms with E-state index in [1.807, 2.05) is 6.26 Å². The highest BCUT2D eigenvalue weighted by Crippen LogP contribution is 2.20. The lowest BCUT2D eigenvalue weighted by atomic mass is 10.2. The molecule has 0 aliphatic carbocycles. The van der Waals surface area contributed by atoms with Crippen molar-refractivity contribution in [1.29, 1.82) is 0 Å². The molecule has 1 heterocycles. The van der Waals surface area contributed by atoms with E-state index in [0.717, 1.165) is 0 Å². The van der Waals surface area contributed by atoms with Gasteiger partial charge in [-0.25, -0.2) is 9.37 Å². The van der Waals surface area contributed by atoms with Crippen LogP contribution in [0.5, 0.6) is 0 Å². The Hall–Kier alpha value is -1.36. The van der Waals surface area contributed by atoms with Crippen LogP contribution in [0.15, 0.2) is 29.4 Å².